The zero-order valence-electron chi connectivity index (χ0n) is 20.3. The molecule has 0 aliphatic rings. The van der Waals surface area contributed by atoms with E-state index in [4.69, 9.17) is 11.6 Å². The lowest BCUT2D eigenvalue weighted by molar-refractivity contribution is 0.394. The van der Waals surface area contributed by atoms with Crippen LogP contribution in [0.3, 0.4) is 0 Å². The Labute approximate surface area is 198 Å². The quantitative estimate of drug-likeness (QED) is 0.315. The maximum atomic E-state index is 11.3. The number of aromatic nitrogens is 3. The predicted molar refractivity (Wildman–Crippen MR) is 135 cm³/mol. The van der Waals surface area contributed by atoms with Gasteiger partial charge in [0.25, 0.3) is 0 Å². The molecule has 32 heavy (non-hydrogen) atoms. The number of halogens is 1. The first-order valence-electron chi connectivity index (χ1n) is 12.1. The van der Waals surface area contributed by atoms with Crippen LogP contribution in [0, 0.1) is 5.92 Å². The van der Waals surface area contributed by atoms with Crippen LogP contribution >= 0.6 is 11.6 Å². The van der Waals surface area contributed by atoms with Gasteiger partial charge in [-0.05, 0) is 54.0 Å². The third-order valence-electron chi connectivity index (χ3n) is 6.25. The number of hydrogen-bond acceptors (Lipinski definition) is 3. The topological polar surface area (TPSA) is 50.9 Å². The second-order valence-corrected chi connectivity index (χ2v) is 10.5. The highest BCUT2D eigenvalue weighted by molar-refractivity contribution is 6.31. The predicted octanol–water partition coefficient (Wildman–Crippen LogP) is 8.01. The number of phenolic OH excluding ortho intramolecular Hbond substituents is 1. The van der Waals surface area contributed by atoms with Gasteiger partial charge < -0.3 is 5.11 Å². The molecular weight excluding hydrogens is 418 g/mol. The number of fused-ring (bicyclic) bond motifs is 1. The summed E-state index contributed by atoms with van der Waals surface area (Å²) in [6.07, 6.45) is 9.91. The molecule has 0 radical (unpaired) electrons. The summed E-state index contributed by atoms with van der Waals surface area (Å²) in [4.78, 5) is 1.52. The molecule has 0 atom stereocenters. The minimum atomic E-state index is -0.182. The van der Waals surface area contributed by atoms with Crippen LogP contribution in [-0.2, 0) is 11.8 Å². The molecule has 4 nitrogen and oxygen atoms in total. The summed E-state index contributed by atoms with van der Waals surface area (Å²) in [6, 6.07) is 9.53. The van der Waals surface area contributed by atoms with Crippen LogP contribution in [0.5, 0.6) is 5.75 Å². The van der Waals surface area contributed by atoms with E-state index >= 15 is 0 Å². The van der Waals surface area contributed by atoms with E-state index in [0.29, 0.717) is 16.2 Å². The van der Waals surface area contributed by atoms with Gasteiger partial charge in [0, 0.05) is 10.6 Å². The Balaban J connectivity index is 1.82. The number of unbranched alkanes of at least 4 members (excludes halogenated alkanes) is 1. The fourth-order valence-corrected chi connectivity index (χ4v) is 4.99. The smallest absolute Gasteiger partial charge is 0.147 e. The highest BCUT2D eigenvalue weighted by Gasteiger charge is 2.25. The van der Waals surface area contributed by atoms with E-state index in [1.54, 1.807) is 12.1 Å². The van der Waals surface area contributed by atoms with E-state index < -0.39 is 0 Å². The standard InChI is InChI=1S/C27H38ClN3O/c1-6-10-19(11-7-2)12-8-9-13-20-14-17-24(26(32)25(20)27(3,4)5)31-29-22-16-15-21(28)18-23(22)30-31/h14-19,32H,6-13H2,1-5H3. The zero-order valence-corrected chi connectivity index (χ0v) is 21.0. The molecule has 0 unspecified atom stereocenters. The molecule has 3 aromatic rings. The van der Waals surface area contributed by atoms with Crippen LogP contribution in [-0.4, -0.2) is 20.1 Å². The SMILES string of the molecule is CCCC(CCC)CCCCc1ccc(-n2nc3ccc(Cl)cc3n2)c(O)c1C(C)(C)C. The summed E-state index contributed by atoms with van der Waals surface area (Å²) >= 11 is 6.10. The first-order valence-corrected chi connectivity index (χ1v) is 12.5. The van der Waals surface area contributed by atoms with Crippen molar-refractivity contribution < 1.29 is 5.11 Å². The van der Waals surface area contributed by atoms with E-state index in [0.717, 1.165) is 29.8 Å². The molecule has 0 aliphatic carbocycles. The Bertz CT molecular complexity index is 1030. The minimum Gasteiger partial charge on any atom is -0.505 e. The molecule has 5 heteroatoms. The molecular formula is C27H38ClN3O. The van der Waals surface area contributed by atoms with Crippen molar-refractivity contribution >= 4 is 22.6 Å². The summed E-state index contributed by atoms with van der Waals surface area (Å²) in [5.74, 6) is 1.13. The van der Waals surface area contributed by atoms with Gasteiger partial charge in [0.05, 0.1) is 0 Å². The second-order valence-electron chi connectivity index (χ2n) is 10.0. The highest BCUT2D eigenvalue weighted by Crippen LogP contribution is 2.38. The molecule has 1 aromatic heterocycles. The number of benzene rings is 2. The van der Waals surface area contributed by atoms with E-state index in [1.807, 2.05) is 12.1 Å². The third-order valence-corrected chi connectivity index (χ3v) is 6.49. The Kier molecular flexibility index (Phi) is 8.21. The van der Waals surface area contributed by atoms with Gasteiger partial charge in [-0.25, -0.2) is 0 Å². The van der Waals surface area contributed by atoms with Crippen LogP contribution < -0.4 is 0 Å². The molecule has 0 bridgehead atoms. The van der Waals surface area contributed by atoms with Crippen molar-refractivity contribution in [3.8, 4) is 11.4 Å². The summed E-state index contributed by atoms with van der Waals surface area (Å²) in [5.41, 5.74) is 4.11. The number of hydrogen-bond donors (Lipinski definition) is 1. The lowest BCUT2D eigenvalue weighted by atomic mass is 9.81. The highest BCUT2D eigenvalue weighted by atomic mass is 35.5. The van der Waals surface area contributed by atoms with Gasteiger partial charge in [-0.1, -0.05) is 90.8 Å². The Morgan fingerprint density at radius 3 is 2.28 bits per heavy atom. The van der Waals surface area contributed by atoms with E-state index in [1.165, 1.54) is 48.9 Å². The average molecular weight is 456 g/mol. The Morgan fingerprint density at radius 2 is 1.62 bits per heavy atom. The number of nitrogens with zero attached hydrogens (tertiary/aromatic N) is 3. The number of phenols is 1. The van der Waals surface area contributed by atoms with E-state index in [-0.39, 0.29) is 11.2 Å². The molecule has 0 saturated carbocycles. The molecule has 2 aromatic carbocycles. The molecule has 3 rings (SSSR count). The maximum absolute atomic E-state index is 11.3. The van der Waals surface area contributed by atoms with Crippen LogP contribution in [0.4, 0.5) is 0 Å². The molecule has 0 saturated heterocycles. The largest absolute Gasteiger partial charge is 0.505 e. The van der Waals surface area contributed by atoms with Crippen LogP contribution in [0.25, 0.3) is 16.7 Å². The monoisotopic (exact) mass is 455 g/mol. The van der Waals surface area contributed by atoms with Crippen LogP contribution in [0.1, 0.15) is 90.7 Å². The fourth-order valence-electron chi connectivity index (χ4n) is 4.82. The molecule has 1 N–H and O–H groups in total. The lowest BCUT2D eigenvalue weighted by Gasteiger charge is -2.25. The number of aryl methyl sites for hydroxylation is 1. The van der Waals surface area contributed by atoms with E-state index in [9.17, 15) is 5.11 Å². The zero-order chi connectivity index (χ0) is 23.3. The van der Waals surface area contributed by atoms with Crippen molar-refractivity contribution in [1.82, 2.24) is 15.0 Å². The summed E-state index contributed by atoms with van der Waals surface area (Å²) in [6.45, 7) is 11.0. The Hall–Kier alpha value is -2.07. The van der Waals surface area contributed by atoms with Gasteiger partial charge in [-0.2, -0.15) is 0 Å². The maximum Gasteiger partial charge on any atom is 0.147 e. The van der Waals surface area contributed by atoms with Crippen LogP contribution in [0.15, 0.2) is 30.3 Å². The third kappa shape index (κ3) is 5.83. The van der Waals surface area contributed by atoms with Crippen molar-refractivity contribution in [2.75, 3.05) is 0 Å². The molecule has 0 spiro atoms. The van der Waals surface area contributed by atoms with Crippen molar-refractivity contribution in [3.05, 3.63) is 46.5 Å². The van der Waals surface area contributed by atoms with Crippen molar-refractivity contribution in [2.45, 2.75) is 91.4 Å². The number of aromatic hydroxyl groups is 1. The fraction of sp³-hybridized carbons (Fsp3) is 0.556. The van der Waals surface area contributed by atoms with Gasteiger partial charge in [-0.3, -0.25) is 0 Å². The first-order chi connectivity index (χ1) is 15.2. The molecule has 0 amide bonds. The molecule has 0 fully saturated rings. The summed E-state index contributed by atoms with van der Waals surface area (Å²) in [5, 5.41) is 21.0. The van der Waals surface area contributed by atoms with Crippen LogP contribution in [0.2, 0.25) is 5.02 Å². The lowest BCUT2D eigenvalue weighted by Crippen LogP contribution is -2.16. The second kappa shape index (κ2) is 10.7. The Morgan fingerprint density at radius 1 is 0.938 bits per heavy atom. The van der Waals surface area contributed by atoms with E-state index in [2.05, 4.69) is 50.9 Å². The average Bonchev–Trinajstić information content (AvgIpc) is 3.13. The molecule has 174 valence electrons. The van der Waals surface area contributed by atoms with Gasteiger partial charge in [0.15, 0.2) is 0 Å². The van der Waals surface area contributed by atoms with Gasteiger partial charge >= 0.3 is 0 Å². The van der Waals surface area contributed by atoms with Crippen molar-refractivity contribution in [1.29, 1.82) is 0 Å². The molecule has 1 heterocycles. The minimum absolute atomic E-state index is 0.182. The molecule has 0 aliphatic heterocycles. The number of rotatable bonds is 10. The van der Waals surface area contributed by atoms with Gasteiger partial charge in [0.1, 0.15) is 22.5 Å². The van der Waals surface area contributed by atoms with Crippen molar-refractivity contribution in [2.24, 2.45) is 5.92 Å². The summed E-state index contributed by atoms with van der Waals surface area (Å²) in [7, 11) is 0. The van der Waals surface area contributed by atoms with Gasteiger partial charge in [-0.15, -0.1) is 15.0 Å². The first kappa shape index (κ1) is 24.6. The van der Waals surface area contributed by atoms with Crippen molar-refractivity contribution in [3.63, 3.8) is 0 Å². The van der Waals surface area contributed by atoms with Gasteiger partial charge in [0.2, 0.25) is 0 Å². The normalized spacial score (nSPS) is 12.2. The summed E-state index contributed by atoms with van der Waals surface area (Å²) < 4.78 is 0.